The van der Waals surface area contributed by atoms with E-state index in [1.54, 1.807) is 11.1 Å². The number of ketones is 1. The van der Waals surface area contributed by atoms with Gasteiger partial charge in [0.2, 0.25) is 5.91 Å². The minimum atomic E-state index is 0.0872. The molecular formula is C13H20N4O2. The molecule has 0 spiro atoms. The highest BCUT2D eigenvalue weighted by Crippen LogP contribution is 2.07. The van der Waals surface area contributed by atoms with Crippen molar-refractivity contribution < 1.29 is 9.59 Å². The lowest BCUT2D eigenvalue weighted by atomic mass is 10.1. The first kappa shape index (κ1) is 13.7. The van der Waals surface area contributed by atoms with Crippen LogP contribution >= 0.6 is 0 Å². The average molecular weight is 264 g/mol. The molecule has 0 saturated carbocycles. The van der Waals surface area contributed by atoms with E-state index in [0.717, 1.165) is 5.82 Å². The normalized spacial score (nSPS) is 16.2. The van der Waals surface area contributed by atoms with Crippen LogP contribution in [-0.2, 0) is 23.2 Å². The van der Waals surface area contributed by atoms with Gasteiger partial charge in [-0.25, -0.2) is 4.98 Å². The predicted octanol–water partition coefficient (Wildman–Crippen LogP) is 0.0434. The fourth-order valence-electron chi connectivity index (χ4n) is 2.18. The van der Waals surface area contributed by atoms with Crippen molar-refractivity contribution in [2.45, 2.75) is 19.4 Å². The summed E-state index contributed by atoms with van der Waals surface area (Å²) in [6, 6.07) is 0. The number of piperidine rings is 1. The Balaban J connectivity index is 1.82. The molecule has 0 atom stereocenters. The molecular weight excluding hydrogens is 244 g/mol. The van der Waals surface area contributed by atoms with E-state index >= 15 is 0 Å². The Bertz CT molecular complexity index is 459. The second kappa shape index (κ2) is 5.97. The average Bonchev–Trinajstić information content (AvgIpc) is 2.75. The third-order valence-corrected chi connectivity index (χ3v) is 3.41. The Hall–Kier alpha value is -1.69. The van der Waals surface area contributed by atoms with Crippen molar-refractivity contribution in [2.75, 3.05) is 26.7 Å². The van der Waals surface area contributed by atoms with Gasteiger partial charge in [0.1, 0.15) is 11.6 Å². The molecule has 104 valence electrons. The second-order valence-electron chi connectivity index (χ2n) is 5.05. The molecule has 1 fully saturated rings. The number of carbonyl (C=O) groups excluding carboxylic acids is 2. The highest BCUT2D eigenvalue weighted by molar-refractivity contribution is 5.84. The molecule has 2 rings (SSSR count). The van der Waals surface area contributed by atoms with E-state index in [9.17, 15) is 9.59 Å². The molecule has 1 saturated heterocycles. The summed E-state index contributed by atoms with van der Waals surface area (Å²) in [7, 11) is 3.84. The molecule has 1 aliphatic rings. The van der Waals surface area contributed by atoms with Crippen LogP contribution in [-0.4, -0.2) is 57.7 Å². The first-order valence-corrected chi connectivity index (χ1v) is 6.50. The van der Waals surface area contributed by atoms with Gasteiger partial charge >= 0.3 is 0 Å². The number of rotatable bonds is 4. The number of likely N-dealkylation sites (N-methyl/N-ethyl adjacent to an activating group) is 1. The molecule has 0 unspecified atom stereocenters. The van der Waals surface area contributed by atoms with Crippen molar-refractivity contribution in [3.05, 3.63) is 18.2 Å². The molecule has 0 radical (unpaired) electrons. The lowest BCUT2D eigenvalue weighted by Gasteiger charge is -2.28. The number of likely N-dealkylation sites (tertiary alicyclic amines) is 1. The van der Waals surface area contributed by atoms with Crippen LogP contribution in [0.5, 0.6) is 0 Å². The van der Waals surface area contributed by atoms with Crippen LogP contribution in [0.25, 0.3) is 0 Å². The highest BCUT2D eigenvalue weighted by atomic mass is 16.2. The Morgan fingerprint density at radius 1 is 1.42 bits per heavy atom. The summed E-state index contributed by atoms with van der Waals surface area (Å²) in [5.74, 6) is 1.28. The third kappa shape index (κ3) is 3.64. The third-order valence-electron chi connectivity index (χ3n) is 3.41. The van der Waals surface area contributed by atoms with Gasteiger partial charge in [0, 0.05) is 45.4 Å². The molecule has 1 aromatic rings. The molecule has 0 aliphatic carbocycles. The number of aryl methyl sites for hydroxylation is 1. The summed E-state index contributed by atoms with van der Waals surface area (Å²) in [6.07, 6.45) is 4.63. The Labute approximate surface area is 113 Å². The maximum Gasteiger partial charge on any atom is 0.236 e. The van der Waals surface area contributed by atoms with Crippen molar-refractivity contribution in [3.8, 4) is 0 Å². The largest absolute Gasteiger partial charge is 0.341 e. The summed E-state index contributed by atoms with van der Waals surface area (Å²) in [6.45, 7) is 2.13. The molecule has 1 aromatic heterocycles. The zero-order valence-electron chi connectivity index (χ0n) is 11.5. The fraction of sp³-hybridized carbons (Fsp3) is 0.615. The van der Waals surface area contributed by atoms with Crippen LogP contribution in [0.1, 0.15) is 18.7 Å². The number of Topliss-reactive ketones (excluding diaryl/α,β-unsaturated/α-hetero) is 1. The van der Waals surface area contributed by atoms with Crippen molar-refractivity contribution in [1.82, 2.24) is 19.4 Å². The van der Waals surface area contributed by atoms with Gasteiger partial charge in [-0.15, -0.1) is 0 Å². The lowest BCUT2D eigenvalue weighted by Crippen LogP contribution is -2.43. The van der Waals surface area contributed by atoms with E-state index < -0.39 is 0 Å². The summed E-state index contributed by atoms with van der Waals surface area (Å²) >= 11 is 0. The number of hydrogen-bond donors (Lipinski definition) is 0. The van der Waals surface area contributed by atoms with Gasteiger partial charge in [-0.05, 0) is 7.05 Å². The fourth-order valence-corrected chi connectivity index (χ4v) is 2.18. The van der Waals surface area contributed by atoms with Crippen molar-refractivity contribution >= 4 is 11.7 Å². The Kier molecular flexibility index (Phi) is 4.31. The van der Waals surface area contributed by atoms with E-state index in [2.05, 4.69) is 4.98 Å². The number of amides is 1. The Morgan fingerprint density at radius 2 is 2.11 bits per heavy atom. The molecule has 0 bridgehead atoms. The van der Waals surface area contributed by atoms with E-state index in [-0.39, 0.29) is 11.7 Å². The van der Waals surface area contributed by atoms with Crippen molar-refractivity contribution in [2.24, 2.45) is 7.05 Å². The number of hydrogen-bond acceptors (Lipinski definition) is 4. The van der Waals surface area contributed by atoms with E-state index in [0.29, 0.717) is 39.0 Å². The van der Waals surface area contributed by atoms with Crippen molar-refractivity contribution in [3.63, 3.8) is 0 Å². The minimum absolute atomic E-state index is 0.0872. The molecule has 6 heteroatoms. The topological polar surface area (TPSA) is 58.4 Å². The molecule has 0 N–H and O–H groups in total. The summed E-state index contributed by atoms with van der Waals surface area (Å²) in [5, 5.41) is 0. The van der Waals surface area contributed by atoms with Gasteiger partial charge in [0.25, 0.3) is 0 Å². The maximum atomic E-state index is 12.1. The number of carbonyl (C=O) groups is 2. The predicted molar refractivity (Wildman–Crippen MR) is 70.4 cm³/mol. The minimum Gasteiger partial charge on any atom is -0.341 e. The summed E-state index contributed by atoms with van der Waals surface area (Å²) < 4.78 is 1.94. The van der Waals surface area contributed by atoms with Gasteiger partial charge in [-0.2, -0.15) is 0 Å². The van der Waals surface area contributed by atoms with Gasteiger partial charge in [0.15, 0.2) is 0 Å². The van der Waals surface area contributed by atoms with Crippen LogP contribution in [0.3, 0.4) is 0 Å². The first-order valence-electron chi connectivity index (χ1n) is 6.50. The smallest absolute Gasteiger partial charge is 0.236 e. The molecule has 1 amide bonds. The number of imidazole rings is 1. The Morgan fingerprint density at radius 3 is 2.68 bits per heavy atom. The van der Waals surface area contributed by atoms with Crippen LogP contribution in [0.15, 0.2) is 12.4 Å². The van der Waals surface area contributed by atoms with E-state index in [1.165, 1.54) is 0 Å². The molecule has 2 heterocycles. The van der Waals surface area contributed by atoms with Gasteiger partial charge in [-0.3, -0.25) is 14.5 Å². The number of aromatic nitrogens is 2. The molecule has 1 aliphatic heterocycles. The zero-order valence-corrected chi connectivity index (χ0v) is 11.5. The van der Waals surface area contributed by atoms with Gasteiger partial charge < -0.3 is 9.47 Å². The zero-order chi connectivity index (χ0) is 13.8. The summed E-state index contributed by atoms with van der Waals surface area (Å²) in [4.78, 5) is 31.2. The quantitative estimate of drug-likeness (QED) is 0.770. The second-order valence-corrected chi connectivity index (χ2v) is 5.05. The molecule has 6 nitrogen and oxygen atoms in total. The van der Waals surface area contributed by atoms with E-state index in [1.807, 2.05) is 29.8 Å². The standard InChI is InChI=1S/C13H20N4O2/c1-15(9-12-14-5-8-16(12)2)10-13(19)17-6-3-11(18)4-7-17/h5,8H,3-4,6-7,9-10H2,1-2H3. The van der Waals surface area contributed by atoms with Crippen LogP contribution in [0.2, 0.25) is 0 Å². The lowest BCUT2D eigenvalue weighted by molar-refractivity contribution is -0.135. The molecule has 19 heavy (non-hydrogen) atoms. The molecule has 0 aromatic carbocycles. The van der Waals surface area contributed by atoms with Gasteiger partial charge in [0.05, 0.1) is 13.1 Å². The van der Waals surface area contributed by atoms with E-state index in [4.69, 9.17) is 0 Å². The van der Waals surface area contributed by atoms with Crippen molar-refractivity contribution in [1.29, 1.82) is 0 Å². The number of nitrogens with zero attached hydrogens (tertiary/aromatic N) is 4. The van der Waals surface area contributed by atoms with Crippen LogP contribution in [0, 0.1) is 0 Å². The monoisotopic (exact) mass is 264 g/mol. The SMILES string of the molecule is CN(CC(=O)N1CCC(=O)CC1)Cc1nccn1C. The first-order chi connectivity index (χ1) is 9.06. The van der Waals surface area contributed by atoms with Crippen LogP contribution in [0.4, 0.5) is 0 Å². The van der Waals surface area contributed by atoms with Crippen LogP contribution < -0.4 is 0 Å². The highest BCUT2D eigenvalue weighted by Gasteiger charge is 2.21. The maximum absolute atomic E-state index is 12.1. The summed E-state index contributed by atoms with van der Waals surface area (Å²) in [5.41, 5.74) is 0. The van der Waals surface area contributed by atoms with Gasteiger partial charge in [-0.1, -0.05) is 0 Å².